The highest BCUT2D eigenvalue weighted by Gasteiger charge is 2.33. The molecule has 0 spiro atoms. The summed E-state index contributed by atoms with van der Waals surface area (Å²) in [6.07, 6.45) is 1.06. The summed E-state index contributed by atoms with van der Waals surface area (Å²) in [5.41, 5.74) is 0.322. The lowest BCUT2D eigenvalue weighted by Gasteiger charge is -2.39. The Labute approximate surface area is 80.1 Å². The van der Waals surface area contributed by atoms with Crippen LogP contribution in [0.2, 0.25) is 0 Å². The van der Waals surface area contributed by atoms with Gasteiger partial charge in [0.25, 0.3) is 0 Å². The van der Waals surface area contributed by atoms with Gasteiger partial charge in [0, 0.05) is 25.4 Å². The number of carbonyl (C=O) groups is 1. The Morgan fingerprint density at radius 1 is 1.54 bits per heavy atom. The monoisotopic (exact) mass is 185 g/mol. The Morgan fingerprint density at radius 2 is 2.15 bits per heavy atom. The smallest absolute Gasteiger partial charge is 0.219 e. The van der Waals surface area contributed by atoms with E-state index in [4.69, 9.17) is 4.74 Å². The van der Waals surface area contributed by atoms with E-state index in [1.807, 2.05) is 11.8 Å². The zero-order valence-corrected chi connectivity index (χ0v) is 8.80. The molecule has 0 unspecified atom stereocenters. The Kier molecular flexibility index (Phi) is 3.31. The van der Waals surface area contributed by atoms with Crippen molar-refractivity contribution in [1.82, 2.24) is 4.90 Å². The quantitative estimate of drug-likeness (QED) is 0.660. The molecule has 0 aromatic rings. The third kappa shape index (κ3) is 2.69. The van der Waals surface area contributed by atoms with Crippen molar-refractivity contribution in [3.63, 3.8) is 0 Å². The number of hydrogen-bond donors (Lipinski definition) is 0. The molecule has 3 heteroatoms. The van der Waals surface area contributed by atoms with E-state index in [1.54, 1.807) is 6.92 Å². The van der Waals surface area contributed by atoms with Crippen molar-refractivity contribution in [2.24, 2.45) is 5.41 Å². The molecule has 0 aliphatic carbocycles. The second-order valence-corrected chi connectivity index (χ2v) is 4.15. The molecule has 13 heavy (non-hydrogen) atoms. The molecule has 1 amide bonds. The summed E-state index contributed by atoms with van der Waals surface area (Å²) in [5.74, 6) is 0.173. The predicted octanol–water partition coefficient (Wildman–Crippen LogP) is 1.28. The first-order valence-corrected chi connectivity index (χ1v) is 4.91. The van der Waals surface area contributed by atoms with Crippen LogP contribution in [0.15, 0.2) is 0 Å². The highest BCUT2D eigenvalue weighted by Crippen LogP contribution is 2.30. The fourth-order valence-electron chi connectivity index (χ4n) is 1.54. The molecule has 0 atom stereocenters. The second kappa shape index (κ2) is 4.09. The summed E-state index contributed by atoms with van der Waals surface area (Å²) in [6.45, 7) is 9.23. The van der Waals surface area contributed by atoms with Gasteiger partial charge in [0.05, 0.1) is 13.2 Å². The lowest BCUT2D eigenvalue weighted by molar-refractivity contribution is -0.132. The van der Waals surface area contributed by atoms with Crippen LogP contribution in [0.3, 0.4) is 0 Å². The summed E-state index contributed by atoms with van der Waals surface area (Å²) in [5, 5.41) is 0. The molecule has 1 fully saturated rings. The van der Waals surface area contributed by atoms with E-state index in [0.29, 0.717) is 5.41 Å². The summed E-state index contributed by atoms with van der Waals surface area (Å²) < 4.78 is 5.16. The van der Waals surface area contributed by atoms with Crippen molar-refractivity contribution in [2.45, 2.75) is 27.2 Å². The first kappa shape index (κ1) is 10.5. The van der Waals surface area contributed by atoms with Gasteiger partial charge in [0.15, 0.2) is 0 Å². The van der Waals surface area contributed by atoms with Crippen LogP contribution in [0.1, 0.15) is 27.2 Å². The molecule has 76 valence electrons. The number of amides is 1. The van der Waals surface area contributed by atoms with Gasteiger partial charge in [-0.25, -0.2) is 0 Å². The largest absolute Gasteiger partial charge is 0.380 e. The van der Waals surface area contributed by atoms with Crippen LogP contribution in [0.5, 0.6) is 0 Å². The minimum absolute atomic E-state index is 0.173. The molecule has 0 N–H and O–H groups in total. The van der Waals surface area contributed by atoms with Crippen LogP contribution in [-0.2, 0) is 9.53 Å². The molecule has 0 saturated carbocycles. The van der Waals surface area contributed by atoms with Gasteiger partial charge in [0.2, 0.25) is 5.91 Å². The number of rotatable bonds is 4. The van der Waals surface area contributed by atoms with Crippen molar-refractivity contribution in [3.05, 3.63) is 0 Å². The molecular formula is C10H19NO2. The number of carbonyl (C=O) groups excluding carboxylic acids is 1. The van der Waals surface area contributed by atoms with E-state index in [9.17, 15) is 4.79 Å². The zero-order valence-electron chi connectivity index (χ0n) is 8.80. The van der Waals surface area contributed by atoms with Crippen molar-refractivity contribution < 1.29 is 9.53 Å². The van der Waals surface area contributed by atoms with E-state index in [0.717, 1.165) is 32.7 Å². The summed E-state index contributed by atoms with van der Waals surface area (Å²) in [7, 11) is 0. The topological polar surface area (TPSA) is 29.5 Å². The van der Waals surface area contributed by atoms with Gasteiger partial charge in [-0.05, 0) is 13.3 Å². The number of nitrogens with zero attached hydrogens (tertiary/aromatic N) is 1. The maximum Gasteiger partial charge on any atom is 0.219 e. The summed E-state index contributed by atoms with van der Waals surface area (Å²) in [6, 6.07) is 0. The van der Waals surface area contributed by atoms with Crippen LogP contribution < -0.4 is 0 Å². The number of ether oxygens (including phenoxy) is 1. The molecule has 1 aliphatic rings. The normalized spacial score (nSPS) is 19.3. The van der Waals surface area contributed by atoms with E-state index in [1.165, 1.54) is 0 Å². The fourth-order valence-corrected chi connectivity index (χ4v) is 1.54. The minimum atomic E-state index is 0.173. The Hall–Kier alpha value is -0.570. The summed E-state index contributed by atoms with van der Waals surface area (Å²) in [4.78, 5) is 13.0. The molecule has 0 aromatic heterocycles. The standard InChI is InChI=1S/C10H19NO2/c1-4-11(9(2)12)6-5-10(3)7-13-8-10/h4-8H2,1-3H3. The molecule has 3 nitrogen and oxygen atoms in total. The Bertz CT molecular complexity index is 187. The lowest BCUT2D eigenvalue weighted by atomic mass is 9.85. The van der Waals surface area contributed by atoms with Crippen LogP contribution in [0, 0.1) is 5.41 Å². The summed E-state index contributed by atoms with van der Waals surface area (Å²) >= 11 is 0. The van der Waals surface area contributed by atoms with Gasteiger partial charge in [-0.1, -0.05) is 6.92 Å². The molecular weight excluding hydrogens is 166 g/mol. The van der Waals surface area contributed by atoms with Gasteiger partial charge in [0.1, 0.15) is 0 Å². The minimum Gasteiger partial charge on any atom is -0.380 e. The highest BCUT2D eigenvalue weighted by atomic mass is 16.5. The van der Waals surface area contributed by atoms with Crippen LogP contribution in [-0.4, -0.2) is 37.1 Å². The SMILES string of the molecule is CCN(CCC1(C)COC1)C(C)=O. The maximum absolute atomic E-state index is 11.1. The second-order valence-electron chi connectivity index (χ2n) is 4.15. The van der Waals surface area contributed by atoms with E-state index < -0.39 is 0 Å². The first-order chi connectivity index (χ1) is 6.07. The third-order valence-electron chi connectivity index (χ3n) is 2.71. The Balaban J connectivity index is 2.27. The van der Waals surface area contributed by atoms with Crippen LogP contribution >= 0.6 is 0 Å². The molecule has 0 radical (unpaired) electrons. The zero-order chi connectivity index (χ0) is 9.90. The van der Waals surface area contributed by atoms with E-state index >= 15 is 0 Å². The molecule has 0 aromatic carbocycles. The molecule has 1 saturated heterocycles. The van der Waals surface area contributed by atoms with Crippen LogP contribution in [0.4, 0.5) is 0 Å². The first-order valence-electron chi connectivity index (χ1n) is 4.91. The van der Waals surface area contributed by atoms with Gasteiger partial charge in [-0.15, -0.1) is 0 Å². The highest BCUT2D eigenvalue weighted by molar-refractivity contribution is 5.73. The van der Waals surface area contributed by atoms with E-state index in [2.05, 4.69) is 6.92 Å². The van der Waals surface area contributed by atoms with E-state index in [-0.39, 0.29) is 5.91 Å². The predicted molar refractivity (Wildman–Crippen MR) is 51.5 cm³/mol. The maximum atomic E-state index is 11.1. The number of hydrogen-bond acceptors (Lipinski definition) is 2. The molecule has 1 aliphatic heterocycles. The van der Waals surface area contributed by atoms with Crippen molar-refractivity contribution >= 4 is 5.91 Å². The van der Waals surface area contributed by atoms with Crippen LogP contribution in [0.25, 0.3) is 0 Å². The average molecular weight is 185 g/mol. The third-order valence-corrected chi connectivity index (χ3v) is 2.71. The fraction of sp³-hybridized carbons (Fsp3) is 0.900. The molecule has 0 bridgehead atoms. The van der Waals surface area contributed by atoms with Gasteiger partial charge < -0.3 is 9.64 Å². The van der Waals surface area contributed by atoms with Crippen molar-refractivity contribution in [2.75, 3.05) is 26.3 Å². The van der Waals surface area contributed by atoms with Gasteiger partial charge >= 0.3 is 0 Å². The van der Waals surface area contributed by atoms with Crippen molar-refractivity contribution in [1.29, 1.82) is 0 Å². The van der Waals surface area contributed by atoms with Crippen molar-refractivity contribution in [3.8, 4) is 0 Å². The lowest BCUT2D eigenvalue weighted by Crippen LogP contribution is -2.43. The Morgan fingerprint density at radius 3 is 2.46 bits per heavy atom. The van der Waals surface area contributed by atoms with Gasteiger partial charge in [-0.3, -0.25) is 4.79 Å². The average Bonchev–Trinajstić information content (AvgIpc) is 2.02. The van der Waals surface area contributed by atoms with Gasteiger partial charge in [-0.2, -0.15) is 0 Å². The molecule has 1 heterocycles. The molecule has 1 rings (SSSR count).